The third kappa shape index (κ3) is 3.58. The van der Waals surface area contributed by atoms with Crippen LogP contribution in [0.1, 0.15) is 35.3 Å². The lowest BCUT2D eigenvalue weighted by Gasteiger charge is -2.26. The number of aromatic nitrogens is 3. The van der Waals surface area contributed by atoms with Crippen LogP contribution in [0.25, 0.3) is 0 Å². The molecule has 3 heterocycles. The summed E-state index contributed by atoms with van der Waals surface area (Å²) in [5.41, 5.74) is 1.42. The first-order valence-electron chi connectivity index (χ1n) is 7.58. The van der Waals surface area contributed by atoms with Crippen LogP contribution in [0.15, 0.2) is 36.8 Å². The molecule has 1 N–H and O–H groups in total. The Balaban J connectivity index is 1.62. The second-order valence-electron chi connectivity index (χ2n) is 5.31. The van der Waals surface area contributed by atoms with Gasteiger partial charge in [-0.1, -0.05) is 0 Å². The number of carbonyl (C=O) groups excluding carboxylic acids is 1. The van der Waals surface area contributed by atoms with Crippen molar-refractivity contribution in [3.05, 3.63) is 48.0 Å². The SMILES string of the molecule is O=C(NCc1ccnc(N2CCCCC2)n1)c1ccncc1. The Morgan fingerprint density at radius 1 is 1.09 bits per heavy atom. The molecule has 1 amide bonds. The van der Waals surface area contributed by atoms with Crippen LogP contribution in [0.2, 0.25) is 0 Å². The number of hydrogen-bond acceptors (Lipinski definition) is 5. The van der Waals surface area contributed by atoms with Crippen molar-refractivity contribution in [1.82, 2.24) is 20.3 Å². The number of rotatable bonds is 4. The monoisotopic (exact) mass is 297 g/mol. The van der Waals surface area contributed by atoms with Gasteiger partial charge in [-0.3, -0.25) is 9.78 Å². The average Bonchev–Trinajstić information content (AvgIpc) is 2.61. The molecule has 2 aromatic heterocycles. The number of amides is 1. The van der Waals surface area contributed by atoms with Crippen LogP contribution < -0.4 is 10.2 Å². The average molecular weight is 297 g/mol. The summed E-state index contributed by atoms with van der Waals surface area (Å²) in [6.45, 7) is 2.41. The van der Waals surface area contributed by atoms with Gasteiger partial charge in [0.1, 0.15) is 0 Å². The third-order valence-electron chi connectivity index (χ3n) is 3.71. The van der Waals surface area contributed by atoms with Gasteiger partial charge in [-0.25, -0.2) is 9.97 Å². The molecule has 6 nitrogen and oxygen atoms in total. The van der Waals surface area contributed by atoms with E-state index in [1.54, 1.807) is 30.7 Å². The Kier molecular flexibility index (Phi) is 4.58. The number of nitrogens with one attached hydrogen (secondary N) is 1. The molecule has 0 radical (unpaired) electrons. The van der Waals surface area contributed by atoms with E-state index in [0.717, 1.165) is 24.7 Å². The van der Waals surface area contributed by atoms with E-state index in [2.05, 4.69) is 25.2 Å². The maximum atomic E-state index is 12.0. The minimum Gasteiger partial charge on any atom is -0.346 e. The number of hydrogen-bond donors (Lipinski definition) is 1. The number of anilines is 1. The Morgan fingerprint density at radius 2 is 1.86 bits per heavy atom. The maximum absolute atomic E-state index is 12.0. The van der Waals surface area contributed by atoms with Crippen LogP contribution in [0.4, 0.5) is 5.95 Å². The fraction of sp³-hybridized carbons (Fsp3) is 0.375. The summed E-state index contributed by atoms with van der Waals surface area (Å²) in [5.74, 6) is 0.635. The number of carbonyl (C=O) groups is 1. The molecule has 1 saturated heterocycles. The van der Waals surface area contributed by atoms with Crippen LogP contribution >= 0.6 is 0 Å². The van der Waals surface area contributed by atoms with Gasteiger partial charge in [0.05, 0.1) is 12.2 Å². The largest absolute Gasteiger partial charge is 0.346 e. The Bertz CT molecular complexity index is 625. The summed E-state index contributed by atoms with van der Waals surface area (Å²) in [4.78, 5) is 27.0. The molecule has 6 heteroatoms. The smallest absolute Gasteiger partial charge is 0.251 e. The normalized spacial score (nSPS) is 14.6. The van der Waals surface area contributed by atoms with Gasteiger partial charge in [0.15, 0.2) is 0 Å². The minimum atomic E-state index is -0.125. The number of pyridine rings is 1. The van der Waals surface area contributed by atoms with Crippen molar-refractivity contribution in [3.8, 4) is 0 Å². The zero-order chi connectivity index (χ0) is 15.2. The van der Waals surface area contributed by atoms with E-state index < -0.39 is 0 Å². The minimum absolute atomic E-state index is 0.125. The van der Waals surface area contributed by atoms with Crippen molar-refractivity contribution >= 4 is 11.9 Å². The highest BCUT2D eigenvalue weighted by molar-refractivity contribution is 5.93. The number of nitrogens with zero attached hydrogens (tertiary/aromatic N) is 4. The van der Waals surface area contributed by atoms with Crippen LogP contribution in [-0.4, -0.2) is 33.9 Å². The molecule has 0 atom stereocenters. The highest BCUT2D eigenvalue weighted by Gasteiger charge is 2.13. The summed E-state index contributed by atoms with van der Waals surface area (Å²) in [7, 11) is 0. The third-order valence-corrected chi connectivity index (χ3v) is 3.71. The van der Waals surface area contributed by atoms with Gasteiger partial charge in [0.2, 0.25) is 5.95 Å². The van der Waals surface area contributed by atoms with Crippen LogP contribution in [0.3, 0.4) is 0 Å². The summed E-state index contributed by atoms with van der Waals surface area (Å²) in [6.07, 6.45) is 8.61. The molecular weight excluding hydrogens is 278 g/mol. The van der Waals surface area contributed by atoms with Crippen molar-refractivity contribution in [2.75, 3.05) is 18.0 Å². The molecule has 2 aromatic rings. The molecule has 1 aliphatic rings. The van der Waals surface area contributed by atoms with E-state index in [9.17, 15) is 4.79 Å². The summed E-state index contributed by atoms with van der Waals surface area (Å²) in [5, 5.41) is 2.87. The second-order valence-corrected chi connectivity index (χ2v) is 5.31. The van der Waals surface area contributed by atoms with Gasteiger partial charge in [-0.05, 0) is 37.5 Å². The molecule has 0 spiro atoms. The summed E-state index contributed by atoms with van der Waals surface area (Å²) >= 11 is 0. The molecule has 22 heavy (non-hydrogen) atoms. The van der Waals surface area contributed by atoms with Gasteiger partial charge in [0.25, 0.3) is 5.91 Å². The van der Waals surface area contributed by atoms with E-state index in [1.165, 1.54) is 19.3 Å². The molecule has 114 valence electrons. The Hall–Kier alpha value is -2.50. The lowest BCUT2D eigenvalue weighted by atomic mass is 10.1. The van der Waals surface area contributed by atoms with E-state index in [0.29, 0.717) is 12.1 Å². The summed E-state index contributed by atoms with van der Waals surface area (Å²) in [6, 6.07) is 5.21. The van der Waals surface area contributed by atoms with Crippen LogP contribution in [0, 0.1) is 0 Å². The highest BCUT2D eigenvalue weighted by atomic mass is 16.1. The van der Waals surface area contributed by atoms with Gasteiger partial charge < -0.3 is 10.2 Å². The Morgan fingerprint density at radius 3 is 2.64 bits per heavy atom. The standard InChI is InChI=1S/C16H19N5O/c22-15(13-4-7-17-8-5-13)19-12-14-6-9-18-16(20-14)21-10-2-1-3-11-21/h4-9H,1-3,10-12H2,(H,19,22). The quantitative estimate of drug-likeness (QED) is 0.931. The predicted molar refractivity (Wildman–Crippen MR) is 83.5 cm³/mol. The van der Waals surface area contributed by atoms with Crippen molar-refractivity contribution in [2.45, 2.75) is 25.8 Å². The first-order valence-corrected chi connectivity index (χ1v) is 7.58. The molecule has 0 bridgehead atoms. The fourth-order valence-electron chi connectivity index (χ4n) is 2.51. The van der Waals surface area contributed by atoms with Crippen molar-refractivity contribution in [3.63, 3.8) is 0 Å². The zero-order valence-corrected chi connectivity index (χ0v) is 12.4. The topological polar surface area (TPSA) is 71.0 Å². The van der Waals surface area contributed by atoms with E-state index in [4.69, 9.17) is 0 Å². The molecule has 1 aliphatic heterocycles. The predicted octanol–water partition coefficient (Wildman–Crippen LogP) is 1.79. The van der Waals surface area contributed by atoms with E-state index in [-0.39, 0.29) is 5.91 Å². The van der Waals surface area contributed by atoms with Crippen LogP contribution in [-0.2, 0) is 6.54 Å². The molecule has 0 unspecified atom stereocenters. The lowest BCUT2D eigenvalue weighted by Crippen LogP contribution is -2.31. The molecular formula is C16H19N5O. The van der Waals surface area contributed by atoms with Crippen molar-refractivity contribution in [2.24, 2.45) is 0 Å². The van der Waals surface area contributed by atoms with Gasteiger partial charge in [-0.2, -0.15) is 0 Å². The molecule has 1 fully saturated rings. The maximum Gasteiger partial charge on any atom is 0.251 e. The first-order chi connectivity index (χ1) is 10.8. The summed E-state index contributed by atoms with van der Waals surface area (Å²) < 4.78 is 0. The highest BCUT2D eigenvalue weighted by Crippen LogP contribution is 2.15. The molecule has 3 rings (SSSR count). The van der Waals surface area contributed by atoms with Crippen molar-refractivity contribution in [1.29, 1.82) is 0 Å². The second kappa shape index (κ2) is 6.98. The van der Waals surface area contributed by atoms with Gasteiger partial charge in [0, 0.05) is 37.2 Å². The Labute approximate surface area is 129 Å². The zero-order valence-electron chi connectivity index (χ0n) is 12.4. The molecule has 0 aromatic carbocycles. The molecule has 0 saturated carbocycles. The number of piperidine rings is 1. The van der Waals surface area contributed by atoms with Gasteiger partial charge >= 0.3 is 0 Å². The fourth-order valence-corrected chi connectivity index (χ4v) is 2.51. The first kappa shape index (κ1) is 14.4. The lowest BCUT2D eigenvalue weighted by molar-refractivity contribution is 0.0950. The molecule has 0 aliphatic carbocycles. The van der Waals surface area contributed by atoms with Gasteiger partial charge in [-0.15, -0.1) is 0 Å². The van der Waals surface area contributed by atoms with Crippen molar-refractivity contribution < 1.29 is 4.79 Å². The van der Waals surface area contributed by atoms with E-state index >= 15 is 0 Å². The van der Waals surface area contributed by atoms with E-state index in [1.807, 2.05) is 6.07 Å². The van der Waals surface area contributed by atoms with Crippen LogP contribution in [0.5, 0.6) is 0 Å².